The van der Waals surface area contributed by atoms with Crippen LogP contribution in [0, 0.1) is 11.6 Å². The van der Waals surface area contributed by atoms with Gasteiger partial charge in [0.2, 0.25) is 0 Å². The molecule has 0 saturated heterocycles. The number of carboxylic acids is 1. The number of cyclic esters (lactones) is 1. The zero-order valence-corrected chi connectivity index (χ0v) is 13.1. The third kappa shape index (κ3) is 3.02. The second-order valence-electron chi connectivity index (χ2n) is 5.71. The summed E-state index contributed by atoms with van der Waals surface area (Å²) < 4.78 is 85.9. The number of carboxylic acid groups (broad SMARTS) is 1. The first-order valence-corrected chi connectivity index (χ1v) is 7.31. The van der Waals surface area contributed by atoms with Crippen LogP contribution in [0.1, 0.15) is 17.0 Å². The summed E-state index contributed by atoms with van der Waals surface area (Å²) in [4.78, 5) is 23.6. The van der Waals surface area contributed by atoms with E-state index in [0.29, 0.717) is 0 Å². The predicted octanol–water partition coefficient (Wildman–Crippen LogP) is 2.79. The lowest BCUT2D eigenvalue weighted by molar-refractivity contribution is -0.142. The van der Waals surface area contributed by atoms with Crippen molar-refractivity contribution in [2.75, 3.05) is 13.3 Å². The van der Waals surface area contributed by atoms with Gasteiger partial charge in [0.1, 0.15) is 24.9 Å². The summed E-state index contributed by atoms with van der Waals surface area (Å²) in [7, 11) is 0. The van der Waals surface area contributed by atoms with Crippen LogP contribution in [-0.4, -0.2) is 30.3 Å². The molecule has 0 bridgehead atoms. The largest absolute Gasteiger partial charge is 0.478 e. The molecular formula is C16H9F6NO4. The molecule has 1 aromatic rings. The summed E-state index contributed by atoms with van der Waals surface area (Å²) in [5.41, 5.74) is -5.44. The summed E-state index contributed by atoms with van der Waals surface area (Å²) in [6.07, 6.45) is -5.33. The molecule has 0 amide bonds. The molecule has 0 aromatic heterocycles. The van der Waals surface area contributed by atoms with Gasteiger partial charge in [0.25, 0.3) is 0 Å². The van der Waals surface area contributed by atoms with Crippen LogP contribution >= 0.6 is 0 Å². The SMILES string of the molecule is O=C(O)C1=C(CF)NC2=C(C(=O)OC2)[C@@H]1c1cc(F)cc(F)c1C(F)(F)F. The molecule has 0 spiro atoms. The molecule has 2 aliphatic heterocycles. The number of esters is 1. The summed E-state index contributed by atoms with van der Waals surface area (Å²) in [6, 6.07) is 0.257. The standard InChI is InChI=1S/C16H9F6NO4/c17-3-8-11(14(24)25)10(12-9(23-8)4-27-15(12)26)6-1-5(18)2-7(19)13(6)16(20,21)22/h1-2,10,23H,3-4H2,(H,24,25)/t10-/m1/s1. The number of nitrogens with one attached hydrogen (secondary N) is 1. The smallest absolute Gasteiger partial charge is 0.419 e. The minimum Gasteiger partial charge on any atom is -0.478 e. The van der Waals surface area contributed by atoms with E-state index in [9.17, 15) is 41.0 Å². The number of carbonyl (C=O) groups excluding carboxylic acids is 1. The fraction of sp³-hybridized carbons (Fsp3) is 0.250. The molecule has 0 aliphatic carbocycles. The minimum absolute atomic E-state index is 0.0180. The van der Waals surface area contributed by atoms with E-state index >= 15 is 0 Å². The Labute approximate surface area is 146 Å². The van der Waals surface area contributed by atoms with Crippen molar-refractivity contribution in [1.82, 2.24) is 5.32 Å². The van der Waals surface area contributed by atoms with Gasteiger partial charge >= 0.3 is 18.1 Å². The molecular weight excluding hydrogens is 384 g/mol. The third-order valence-corrected chi connectivity index (χ3v) is 4.14. The molecule has 0 unspecified atom stereocenters. The van der Waals surface area contributed by atoms with Crippen molar-refractivity contribution in [3.05, 3.63) is 57.4 Å². The number of halogens is 6. The van der Waals surface area contributed by atoms with Crippen LogP contribution in [0.5, 0.6) is 0 Å². The van der Waals surface area contributed by atoms with E-state index in [-0.39, 0.29) is 17.8 Å². The second kappa shape index (κ2) is 6.32. The molecule has 3 rings (SSSR count). The maximum atomic E-state index is 14.0. The van der Waals surface area contributed by atoms with E-state index in [1.165, 1.54) is 0 Å². The monoisotopic (exact) mass is 393 g/mol. The Bertz CT molecular complexity index is 918. The first-order valence-electron chi connectivity index (χ1n) is 7.31. The summed E-state index contributed by atoms with van der Waals surface area (Å²) >= 11 is 0. The number of hydrogen-bond donors (Lipinski definition) is 2. The van der Waals surface area contributed by atoms with Gasteiger partial charge in [-0.2, -0.15) is 13.2 Å². The van der Waals surface area contributed by atoms with Crippen LogP contribution in [0.15, 0.2) is 34.7 Å². The van der Waals surface area contributed by atoms with Crippen molar-refractivity contribution >= 4 is 11.9 Å². The molecule has 1 aromatic carbocycles. The molecule has 144 valence electrons. The zero-order chi connectivity index (χ0) is 20.1. The molecule has 2 aliphatic rings. The number of hydrogen-bond acceptors (Lipinski definition) is 4. The highest BCUT2D eigenvalue weighted by molar-refractivity contribution is 6.00. The number of benzene rings is 1. The average molecular weight is 393 g/mol. The van der Waals surface area contributed by atoms with Crippen molar-refractivity contribution in [2.24, 2.45) is 0 Å². The highest BCUT2D eigenvalue weighted by Crippen LogP contribution is 2.46. The number of carbonyl (C=O) groups is 2. The van der Waals surface area contributed by atoms with Gasteiger partial charge in [-0.15, -0.1) is 0 Å². The fourth-order valence-corrected chi connectivity index (χ4v) is 3.17. The van der Waals surface area contributed by atoms with Gasteiger partial charge in [-0.3, -0.25) is 0 Å². The predicted molar refractivity (Wildman–Crippen MR) is 75.9 cm³/mol. The molecule has 5 nitrogen and oxygen atoms in total. The molecule has 2 heterocycles. The van der Waals surface area contributed by atoms with Crippen LogP contribution in [0.4, 0.5) is 26.3 Å². The van der Waals surface area contributed by atoms with Gasteiger partial charge in [0.05, 0.1) is 34.0 Å². The lowest BCUT2D eigenvalue weighted by Crippen LogP contribution is -2.32. The average Bonchev–Trinajstić information content (AvgIpc) is 2.91. The van der Waals surface area contributed by atoms with E-state index in [0.717, 1.165) is 0 Å². The number of alkyl halides is 4. The second-order valence-corrected chi connectivity index (χ2v) is 5.71. The molecule has 0 fully saturated rings. The number of dihydropyridines is 1. The lowest BCUT2D eigenvalue weighted by atomic mass is 9.78. The number of rotatable bonds is 3. The van der Waals surface area contributed by atoms with Crippen LogP contribution in [-0.2, 0) is 20.5 Å². The molecule has 0 saturated carbocycles. The quantitative estimate of drug-likeness (QED) is 0.610. The lowest BCUT2D eigenvalue weighted by Gasteiger charge is -2.28. The Hall–Kier alpha value is -2.98. The summed E-state index contributed by atoms with van der Waals surface area (Å²) in [5.74, 6) is -8.51. The first-order chi connectivity index (χ1) is 12.6. The number of allylic oxidation sites excluding steroid dienone is 1. The zero-order valence-electron chi connectivity index (χ0n) is 13.1. The van der Waals surface area contributed by atoms with Gasteiger partial charge in [-0.25, -0.2) is 22.8 Å². The maximum absolute atomic E-state index is 14.0. The number of aliphatic carboxylic acids is 1. The minimum atomic E-state index is -5.33. The normalized spacial score (nSPS) is 19.8. The van der Waals surface area contributed by atoms with Crippen LogP contribution in [0.3, 0.4) is 0 Å². The number of ether oxygens (including phenoxy) is 1. The van der Waals surface area contributed by atoms with Crippen molar-refractivity contribution < 1.29 is 45.8 Å². The van der Waals surface area contributed by atoms with E-state index in [1.54, 1.807) is 0 Å². The van der Waals surface area contributed by atoms with Gasteiger partial charge < -0.3 is 15.2 Å². The molecule has 1 atom stereocenters. The first kappa shape index (κ1) is 18.8. The Morgan fingerprint density at radius 2 is 1.96 bits per heavy atom. The Morgan fingerprint density at radius 3 is 2.52 bits per heavy atom. The maximum Gasteiger partial charge on any atom is 0.419 e. The third-order valence-electron chi connectivity index (χ3n) is 4.14. The molecule has 0 radical (unpaired) electrons. The van der Waals surface area contributed by atoms with Crippen molar-refractivity contribution in [3.63, 3.8) is 0 Å². The highest BCUT2D eigenvalue weighted by atomic mass is 19.4. The van der Waals surface area contributed by atoms with Gasteiger partial charge in [0.15, 0.2) is 0 Å². The van der Waals surface area contributed by atoms with Gasteiger partial charge in [-0.05, 0) is 11.6 Å². The summed E-state index contributed by atoms with van der Waals surface area (Å²) in [5, 5.41) is 11.7. The molecule has 11 heteroatoms. The van der Waals surface area contributed by atoms with Crippen LogP contribution in [0.2, 0.25) is 0 Å². The molecule has 27 heavy (non-hydrogen) atoms. The van der Waals surface area contributed by atoms with Crippen LogP contribution < -0.4 is 5.32 Å². The van der Waals surface area contributed by atoms with E-state index in [2.05, 4.69) is 10.1 Å². The fourth-order valence-electron chi connectivity index (χ4n) is 3.17. The van der Waals surface area contributed by atoms with E-state index < -0.39 is 76.9 Å². The Kier molecular flexibility index (Phi) is 4.40. The Balaban J connectivity index is 2.38. The molecule has 2 N–H and O–H groups in total. The van der Waals surface area contributed by atoms with Gasteiger partial charge in [-0.1, -0.05) is 0 Å². The van der Waals surface area contributed by atoms with Gasteiger partial charge in [0, 0.05) is 6.07 Å². The highest BCUT2D eigenvalue weighted by Gasteiger charge is 2.47. The van der Waals surface area contributed by atoms with Crippen molar-refractivity contribution in [2.45, 2.75) is 12.1 Å². The van der Waals surface area contributed by atoms with Crippen LogP contribution in [0.25, 0.3) is 0 Å². The van der Waals surface area contributed by atoms with Crippen molar-refractivity contribution in [1.29, 1.82) is 0 Å². The van der Waals surface area contributed by atoms with E-state index in [1.807, 2.05) is 0 Å². The topological polar surface area (TPSA) is 75.6 Å². The summed E-state index contributed by atoms with van der Waals surface area (Å²) in [6.45, 7) is -1.90. The Morgan fingerprint density at radius 1 is 1.30 bits per heavy atom. The van der Waals surface area contributed by atoms with Crippen molar-refractivity contribution in [3.8, 4) is 0 Å². The van der Waals surface area contributed by atoms with E-state index in [4.69, 9.17) is 0 Å².